The van der Waals surface area contributed by atoms with Crippen LogP contribution in [0.2, 0.25) is 0 Å². The quantitative estimate of drug-likeness (QED) is 0.208. The van der Waals surface area contributed by atoms with Gasteiger partial charge in [-0.3, -0.25) is 9.59 Å². The molecule has 1 aliphatic rings. The summed E-state index contributed by atoms with van der Waals surface area (Å²) in [6.07, 6.45) is 5.07. The van der Waals surface area contributed by atoms with Crippen LogP contribution in [-0.4, -0.2) is 49.0 Å². The first-order valence-electron chi connectivity index (χ1n) is 12.2. The first-order valence-corrected chi connectivity index (χ1v) is 12.2. The monoisotopic (exact) mass is 541 g/mol. The molecule has 0 saturated heterocycles. The van der Waals surface area contributed by atoms with Crippen molar-refractivity contribution in [1.29, 1.82) is 0 Å². The second-order valence-corrected chi connectivity index (χ2v) is 8.64. The fourth-order valence-corrected chi connectivity index (χ4v) is 4.09. The Bertz CT molecular complexity index is 1670. The molecule has 0 unspecified atom stereocenters. The van der Waals surface area contributed by atoms with Crippen molar-refractivity contribution < 1.29 is 32.9 Å². The van der Waals surface area contributed by atoms with Gasteiger partial charge in [-0.1, -0.05) is 6.07 Å². The Morgan fingerprint density at radius 3 is 2.58 bits per heavy atom. The molecule has 0 spiro atoms. The summed E-state index contributed by atoms with van der Waals surface area (Å²) in [7, 11) is 3.13. The number of fused-ring (bicyclic) bond motifs is 1. The zero-order valence-electron chi connectivity index (χ0n) is 21.6. The third-order valence-electron chi connectivity index (χ3n) is 5.97. The predicted molar refractivity (Wildman–Crippen MR) is 147 cm³/mol. The van der Waals surface area contributed by atoms with Crippen LogP contribution in [0.15, 0.2) is 79.2 Å². The molecule has 0 atom stereocenters. The maximum absolute atomic E-state index is 13.8. The summed E-state index contributed by atoms with van der Waals surface area (Å²) in [5.74, 6) is 0.817. The number of nitrogens with one attached hydrogen (secondary N) is 1. The van der Waals surface area contributed by atoms with Gasteiger partial charge in [0.05, 0.1) is 19.2 Å². The van der Waals surface area contributed by atoms with Crippen LogP contribution in [-0.2, 0) is 14.3 Å². The SMILES string of the molecule is COCCOc1cc2ncnc(Nc3ccc(Oc4cccc(F)c4)c(C4=CC(=O)C=CC4=O)c3)c2cc1OC. The largest absolute Gasteiger partial charge is 0.493 e. The van der Waals surface area contributed by atoms with Gasteiger partial charge in [-0.2, -0.15) is 0 Å². The highest BCUT2D eigenvalue weighted by atomic mass is 19.1. The van der Waals surface area contributed by atoms with E-state index in [9.17, 15) is 14.0 Å². The van der Waals surface area contributed by atoms with Crippen molar-refractivity contribution in [2.24, 2.45) is 0 Å². The summed E-state index contributed by atoms with van der Waals surface area (Å²) in [5.41, 5.74) is 1.66. The van der Waals surface area contributed by atoms with Crippen molar-refractivity contribution in [2.45, 2.75) is 0 Å². The molecule has 10 heteroatoms. The summed E-state index contributed by atoms with van der Waals surface area (Å²) in [5, 5.41) is 3.91. The maximum atomic E-state index is 13.8. The number of aromatic nitrogens is 2. The van der Waals surface area contributed by atoms with E-state index < -0.39 is 5.82 Å². The molecule has 3 aromatic carbocycles. The predicted octanol–water partition coefficient (Wildman–Crippen LogP) is 5.43. The number of allylic oxidation sites excluding steroid dienone is 4. The lowest BCUT2D eigenvalue weighted by Crippen LogP contribution is -2.08. The molecule has 1 N–H and O–H groups in total. The minimum atomic E-state index is -0.471. The minimum absolute atomic E-state index is 0.148. The number of halogens is 1. The second kappa shape index (κ2) is 11.7. The number of nitrogens with zero attached hydrogens (tertiary/aromatic N) is 2. The maximum Gasteiger partial charge on any atom is 0.186 e. The minimum Gasteiger partial charge on any atom is -0.493 e. The smallest absolute Gasteiger partial charge is 0.186 e. The Morgan fingerprint density at radius 1 is 0.900 bits per heavy atom. The van der Waals surface area contributed by atoms with E-state index in [0.29, 0.717) is 52.7 Å². The zero-order valence-corrected chi connectivity index (χ0v) is 21.6. The third kappa shape index (κ3) is 5.82. The van der Waals surface area contributed by atoms with Gasteiger partial charge in [-0.25, -0.2) is 14.4 Å². The average molecular weight is 542 g/mol. The van der Waals surface area contributed by atoms with Crippen molar-refractivity contribution in [3.8, 4) is 23.0 Å². The fraction of sp³-hybridized carbons (Fsp3) is 0.133. The highest BCUT2D eigenvalue weighted by Gasteiger charge is 2.21. The van der Waals surface area contributed by atoms with Gasteiger partial charge >= 0.3 is 0 Å². The summed E-state index contributed by atoms with van der Waals surface area (Å²) < 4.78 is 36.0. The van der Waals surface area contributed by atoms with Crippen LogP contribution in [0, 0.1) is 5.82 Å². The first-order chi connectivity index (χ1) is 19.4. The number of carbonyl (C=O) groups is 2. The highest BCUT2D eigenvalue weighted by molar-refractivity contribution is 6.34. The number of rotatable bonds is 10. The molecule has 5 rings (SSSR count). The number of carbonyl (C=O) groups excluding carboxylic acids is 2. The van der Waals surface area contributed by atoms with E-state index in [0.717, 1.165) is 0 Å². The Kier molecular flexibility index (Phi) is 7.79. The summed E-state index contributed by atoms with van der Waals surface area (Å²) in [4.78, 5) is 33.6. The topological polar surface area (TPSA) is 109 Å². The van der Waals surface area contributed by atoms with Crippen LogP contribution in [0.3, 0.4) is 0 Å². The molecular formula is C30H24FN3O6. The van der Waals surface area contributed by atoms with Gasteiger partial charge in [-0.05, 0) is 54.6 Å². The molecule has 4 aromatic rings. The van der Waals surface area contributed by atoms with E-state index in [1.165, 1.54) is 49.9 Å². The normalized spacial score (nSPS) is 12.8. The molecule has 1 aliphatic carbocycles. The van der Waals surface area contributed by atoms with E-state index in [4.69, 9.17) is 18.9 Å². The zero-order chi connectivity index (χ0) is 28.1. The van der Waals surface area contributed by atoms with Crippen molar-refractivity contribution in [2.75, 3.05) is 32.8 Å². The van der Waals surface area contributed by atoms with E-state index in [-0.39, 0.29) is 28.6 Å². The number of hydrogen-bond donors (Lipinski definition) is 1. The van der Waals surface area contributed by atoms with Crippen LogP contribution in [0.5, 0.6) is 23.0 Å². The summed E-state index contributed by atoms with van der Waals surface area (Å²) in [6, 6.07) is 14.2. The first kappa shape index (κ1) is 26.5. The van der Waals surface area contributed by atoms with Gasteiger partial charge in [0.25, 0.3) is 0 Å². The molecule has 1 heterocycles. The Morgan fingerprint density at radius 2 is 1.77 bits per heavy atom. The molecule has 0 amide bonds. The molecule has 0 fully saturated rings. The molecule has 202 valence electrons. The molecule has 0 aliphatic heterocycles. The Labute approximate surface area is 228 Å². The fourth-order valence-electron chi connectivity index (χ4n) is 4.09. The number of ketones is 2. The van der Waals surface area contributed by atoms with Gasteiger partial charge in [0.1, 0.15) is 36.1 Å². The second-order valence-electron chi connectivity index (χ2n) is 8.64. The van der Waals surface area contributed by atoms with E-state index in [1.807, 2.05) is 0 Å². The van der Waals surface area contributed by atoms with Crippen LogP contribution in [0.25, 0.3) is 16.5 Å². The number of hydrogen-bond acceptors (Lipinski definition) is 9. The van der Waals surface area contributed by atoms with Crippen LogP contribution in [0.4, 0.5) is 15.9 Å². The molecule has 40 heavy (non-hydrogen) atoms. The van der Waals surface area contributed by atoms with Gasteiger partial charge in [-0.15, -0.1) is 0 Å². The summed E-state index contributed by atoms with van der Waals surface area (Å²) >= 11 is 0. The average Bonchev–Trinajstić information content (AvgIpc) is 2.95. The molecule has 0 saturated carbocycles. The molecule has 0 radical (unpaired) electrons. The van der Waals surface area contributed by atoms with E-state index in [1.54, 1.807) is 43.5 Å². The Balaban J connectivity index is 1.53. The lowest BCUT2D eigenvalue weighted by molar-refractivity contribution is -0.113. The van der Waals surface area contributed by atoms with Crippen LogP contribution < -0.4 is 19.5 Å². The summed E-state index contributed by atoms with van der Waals surface area (Å²) in [6.45, 7) is 0.757. The van der Waals surface area contributed by atoms with Gasteiger partial charge in [0.15, 0.2) is 23.1 Å². The molecule has 1 aromatic heterocycles. The highest BCUT2D eigenvalue weighted by Crippen LogP contribution is 2.37. The van der Waals surface area contributed by atoms with Crippen LogP contribution >= 0.6 is 0 Å². The van der Waals surface area contributed by atoms with Crippen molar-refractivity contribution in [3.05, 3.63) is 90.5 Å². The van der Waals surface area contributed by atoms with Gasteiger partial charge in [0, 0.05) is 41.5 Å². The van der Waals surface area contributed by atoms with Gasteiger partial charge < -0.3 is 24.3 Å². The number of anilines is 2. The van der Waals surface area contributed by atoms with E-state index >= 15 is 0 Å². The Hall–Kier alpha value is -5.09. The van der Waals surface area contributed by atoms with E-state index in [2.05, 4.69) is 15.3 Å². The van der Waals surface area contributed by atoms with Crippen molar-refractivity contribution in [1.82, 2.24) is 9.97 Å². The lowest BCUT2D eigenvalue weighted by atomic mass is 9.95. The van der Waals surface area contributed by atoms with Crippen molar-refractivity contribution in [3.63, 3.8) is 0 Å². The molecule has 9 nitrogen and oxygen atoms in total. The molecular weight excluding hydrogens is 517 g/mol. The van der Waals surface area contributed by atoms with Crippen molar-refractivity contribution >= 4 is 39.5 Å². The van der Waals surface area contributed by atoms with Gasteiger partial charge in [0.2, 0.25) is 0 Å². The number of ether oxygens (including phenoxy) is 4. The van der Waals surface area contributed by atoms with Crippen LogP contribution in [0.1, 0.15) is 5.56 Å². The number of methoxy groups -OCH3 is 2. The molecule has 0 bridgehead atoms. The third-order valence-corrected chi connectivity index (χ3v) is 5.97. The standard InChI is InChI=1S/C30H24FN3O6/c1-37-10-11-39-29-16-25-24(15-28(29)38-2)30(33-17-32-25)34-19-6-9-27(40-21-5-3-4-18(31)12-21)23(13-19)22-14-20(35)7-8-26(22)36/h3-9,12-17H,10-11H2,1-2H3,(H,32,33,34). The lowest BCUT2D eigenvalue weighted by Gasteiger charge is -2.17. The number of benzene rings is 3.